The van der Waals surface area contributed by atoms with Gasteiger partial charge in [0.05, 0.1) is 19.4 Å². The Morgan fingerprint density at radius 1 is 1.47 bits per heavy atom. The van der Waals surface area contributed by atoms with E-state index in [2.05, 4.69) is 45.4 Å². The zero-order valence-corrected chi connectivity index (χ0v) is 12.9. The van der Waals surface area contributed by atoms with Gasteiger partial charge in [0, 0.05) is 5.38 Å². The molecule has 0 aliphatic rings. The molecule has 0 saturated carbocycles. The van der Waals surface area contributed by atoms with Gasteiger partial charge in [0.25, 0.3) is 0 Å². The topological polar surface area (TPSA) is 38.9 Å². The van der Waals surface area contributed by atoms with Crippen molar-refractivity contribution in [2.45, 2.75) is 19.8 Å². The second-order valence-electron chi connectivity index (χ2n) is 4.11. The van der Waals surface area contributed by atoms with E-state index in [4.69, 9.17) is 5.73 Å². The minimum absolute atomic E-state index is 0.582. The Hall–Kier alpha value is -0.230. The molecular formula is C12H15BrN2S2. The zero-order valence-electron chi connectivity index (χ0n) is 9.65. The molecule has 0 amide bonds. The van der Waals surface area contributed by atoms with Crippen molar-refractivity contribution >= 4 is 38.6 Å². The lowest BCUT2D eigenvalue weighted by atomic mass is 10.1. The molecule has 2 nitrogen and oxygen atoms in total. The molecule has 2 heterocycles. The van der Waals surface area contributed by atoms with E-state index in [1.807, 2.05) is 0 Å². The first-order valence-corrected chi connectivity index (χ1v) is 8.08. The van der Waals surface area contributed by atoms with Crippen LogP contribution in [-0.4, -0.2) is 11.5 Å². The molecule has 92 valence electrons. The molecule has 5 heteroatoms. The Morgan fingerprint density at radius 3 is 2.94 bits per heavy atom. The average molecular weight is 331 g/mol. The van der Waals surface area contributed by atoms with Crippen molar-refractivity contribution < 1.29 is 0 Å². The summed E-state index contributed by atoms with van der Waals surface area (Å²) < 4.78 is 1.15. The molecule has 0 bridgehead atoms. The third-order valence-corrected chi connectivity index (χ3v) is 5.19. The van der Waals surface area contributed by atoms with Crippen molar-refractivity contribution in [3.05, 3.63) is 26.3 Å². The maximum atomic E-state index is 5.61. The summed E-state index contributed by atoms with van der Waals surface area (Å²) >= 11 is 6.95. The summed E-state index contributed by atoms with van der Waals surface area (Å²) in [4.78, 5) is 5.90. The van der Waals surface area contributed by atoms with Crippen LogP contribution in [0.25, 0.3) is 10.6 Å². The highest BCUT2D eigenvalue weighted by Gasteiger charge is 2.08. The molecule has 2 rings (SSSR count). The van der Waals surface area contributed by atoms with E-state index >= 15 is 0 Å². The van der Waals surface area contributed by atoms with Crippen LogP contribution in [0.1, 0.15) is 18.4 Å². The average Bonchev–Trinajstić information content (AvgIpc) is 2.94. The van der Waals surface area contributed by atoms with E-state index < -0.39 is 0 Å². The third-order valence-electron chi connectivity index (χ3n) is 2.63. The first-order chi connectivity index (χ1) is 8.19. The van der Waals surface area contributed by atoms with Crippen molar-refractivity contribution in [2.75, 3.05) is 6.54 Å². The van der Waals surface area contributed by atoms with Crippen molar-refractivity contribution in [1.29, 1.82) is 0 Å². The molecule has 2 aromatic rings. The molecule has 17 heavy (non-hydrogen) atoms. The Kier molecular flexibility index (Phi) is 4.73. The molecule has 1 unspecified atom stereocenters. The van der Waals surface area contributed by atoms with Gasteiger partial charge >= 0.3 is 0 Å². The highest BCUT2D eigenvalue weighted by molar-refractivity contribution is 9.11. The fourth-order valence-electron chi connectivity index (χ4n) is 1.48. The molecule has 0 saturated heterocycles. The number of nitrogens with zero attached hydrogens (tertiary/aromatic N) is 1. The number of hydrogen-bond acceptors (Lipinski definition) is 4. The molecule has 0 aliphatic carbocycles. The van der Waals surface area contributed by atoms with Gasteiger partial charge in [-0.05, 0) is 53.4 Å². The SMILES string of the molecule is CC(CN)CCc1nc(-c2ccc(Br)s2)cs1. The van der Waals surface area contributed by atoms with E-state index in [0.717, 1.165) is 28.9 Å². The summed E-state index contributed by atoms with van der Waals surface area (Å²) in [5.74, 6) is 0.582. The lowest BCUT2D eigenvalue weighted by Crippen LogP contribution is -2.11. The number of rotatable bonds is 5. The van der Waals surface area contributed by atoms with Gasteiger partial charge in [0.15, 0.2) is 0 Å². The van der Waals surface area contributed by atoms with E-state index in [1.165, 1.54) is 9.88 Å². The first-order valence-electron chi connectivity index (χ1n) is 5.59. The van der Waals surface area contributed by atoms with E-state index in [-0.39, 0.29) is 0 Å². The molecule has 0 spiro atoms. The van der Waals surface area contributed by atoms with E-state index in [0.29, 0.717) is 5.92 Å². The van der Waals surface area contributed by atoms with Crippen LogP contribution in [0.4, 0.5) is 0 Å². The van der Waals surface area contributed by atoms with Crippen LogP contribution in [0.2, 0.25) is 0 Å². The van der Waals surface area contributed by atoms with Gasteiger partial charge in [-0.1, -0.05) is 6.92 Å². The van der Waals surface area contributed by atoms with Crippen LogP contribution in [0.15, 0.2) is 21.3 Å². The second kappa shape index (κ2) is 6.09. The lowest BCUT2D eigenvalue weighted by molar-refractivity contribution is 0.544. The summed E-state index contributed by atoms with van der Waals surface area (Å²) in [6.45, 7) is 2.95. The summed E-state index contributed by atoms with van der Waals surface area (Å²) in [7, 11) is 0. The highest BCUT2D eigenvalue weighted by atomic mass is 79.9. The van der Waals surface area contributed by atoms with Gasteiger partial charge in [-0.3, -0.25) is 0 Å². The van der Waals surface area contributed by atoms with Crippen LogP contribution in [-0.2, 0) is 6.42 Å². The van der Waals surface area contributed by atoms with Crippen molar-refractivity contribution in [2.24, 2.45) is 11.7 Å². The van der Waals surface area contributed by atoms with E-state index in [9.17, 15) is 0 Å². The second-order valence-corrected chi connectivity index (χ2v) is 7.52. The predicted octanol–water partition coefficient (Wildman–Crippen LogP) is 4.16. The van der Waals surface area contributed by atoms with Crippen molar-refractivity contribution in [3.63, 3.8) is 0 Å². The summed E-state index contributed by atoms with van der Waals surface area (Å²) in [5.41, 5.74) is 6.71. The predicted molar refractivity (Wildman–Crippen MR) is 79.7 cm³/mol. The number of nitrogens with two attached hydrogens (primary N) is 1. The van der Waals surface area contributed by atoms with Gasteiger partial charge in [-0.25, -0.2) is 4.98 Å². The lowest BCUT2D eigenvalue weighted by Gasteiger charge is -2.04. The summed E-state index contributed by atoms with van der Waals surface area (Å²) in [6, 6.07) is 4.17. The molecule has 2 N–H and O–H groups in total. The van der Waals surface area contributed by atoms with Crippen LogP contribution < -0.4 is 5.73 Å². The third kappa shape index (κ3) is 3.61. The quantitative estimate of drug-likeness (QED) is 0.893. The largest absolute Gasteiger partial charge is 0.330 e. The van der Waals surface area contributed by atoms with Crippen LogP contribution >= 0.6 is 38.6 Å². The minimum atomic E-state index is 0.582. The van der Waals surface area contributed by atoms with Crippen molar-refractivity contribution in [3.8, 4) is 10.6 Å². The smallest absolute Gasteiger partial charge is 0.0933 e. The fourth-order valence-corrected chi connectivity index (χ4v) is 3.71. The molecule has 0 radical (unpaired) electrons. The van der Waals surface area contributed by atoms with Crippen LogP contribution in [0, 0.1) is 5.92 Å². The Morgan fingerprint density at radius 2 is 2.29 bits per heavy atom. The molecule has 0 aliphatic heterocycles. The number of halogens is 1. The fraction of sp³-hybridized carbons (Fsp3) is 0.417. The number of aryl methyl sites for hydroxylation is 1. The minimum Gasteiger partial charge on any atom is -0.330 e. The standard InChI is InChI=1S/C12H15BrN2S2/c1-8(6-14)2-5-12-15-9(7-16-12)10-3-4-11(13)17-10/h3-4,7-8H,2,5-6,14H2,1H3. The highest BCUT2D eigenvalue weighted by Crippen LogP contribution is 2.32. The molecular weight excluding hydrogens is 316 g/mol. The van der Waals surface area contributed by atoms with Gasteiger partial charge in [-0.15, -0.1) is 22.7 Å². The number of hydrogen-bond donors (Lipinski definition) is 1. The maximum Gasteiger partial charge on any atom is 0.0933 e. The summed E-state index contributed by atoms with van der Waals surface area (Å²) in [6.07, 6.45) is 2.16. The Labute approximate surface area is 118 Å². The van der Waals surface area contributed by atoms with Crippen LogP contribution in [0.3, 0.4) is 0 Å². The number of aromatic nitrogens is 1. The monoisotopic (exact) mass is 330 g/mol. The van der Waals surface area contributed by atoms with Gasteiger partial charge in [-0.2, -0.15) is 0 Å². The maximum absolute atomic E-state index is 5.61. The molecule has 0 fully saturated rings. The number of thiazole rings is 1. The van der Waals surface area contributed by atoms with Gasteiger partial charge < -0.3 is 5.73 Å². The Balaban J connectivity index is 2.01. The first kappa shape index (κ1) is 13.2. The van der Waals surface area contributed by atoms with Gasteiger partial charge in [0.2, 0.25) is 0 Å². The molecule has 2 aromatic heterocycles. The normalized spacial score (nSPS) is 12.9. The molecule has 1 atom stereocenters. The van der Waals surface area contributed by atoms with E-state index in [1.54, 1.807) is 22.7 Å². The van der Waals surface area contributed by atoms with Crippen molar-refractivity contribution in [1.82, 2.24) is 4.98 Å². The summed E-state index contributed by atoms with van der Waals surface area (Å²) in [5, 5.41) is 3.35. The molecule has 0 aromatic carbocycles. The van der Waals surface area contributed by atoms with Gasteiger partial charge in [0.1, 0.15) is 0 Å². The number of thiophene rings is 1. The Bertz CT molecular complexity index is 478. The van der Waals surface area contributed by atoms with Crippen LogP contribution in [0.5, 0.6) is 0 Å². The zero-order chi connectivity index (χ0) is 12.3.